The number of unbranched alkanes of at least 4 members (excludes halogenated alkanes) is 1. The average molecular weight is 499 g/mol. The Kier molecular flexibility index (Phi) is 12.7. The number of benzene rings is 2. The van der Waals surface area contributed by atoms with Crippen molar-refractivity contribution in [1.82, 2.24) is 16.0 Å². The van der Waals surface area contributed by atoms with Gasteiger partial charge in [-0.15, -0.1) is 0 Å². The molecular formula is C26H38N6O2S. The van der Waals surface area contributed by atoms with Gasteiger partial charge in [-0.2, -0.15) is 12.6 Å². The number of rotatable bonds is 15. The third kappa shape index (κ3) is 10.4. The molecule has 7 N–H and O–H groups in total. The number of carbonyl (C=O) groups excluding carboxylic acids is 2. The zero-order valence-corrected chi connectivity index (χ0v) is 21.3. The average Bonchev–Trinajstić information content (AvgIpc) is 2.86. The Hall–Kier alpha value is -3.04. The van der Waals surface area contributed by atoms with E-state index < -0.39 is 12.1 Å². The number of carbonyl (C=O) groups is 2. The minimum atomic E-state index is -0.668. The molecule has 0 radical (unpaired) electrons. The lowest BCUT2D eigenvalue weighted by atomic mass is 10.00. The number of hydrogen-bond donors (Lipinski definition) is 6. The summed E-state index contributed by atoms with van der Waals surface area (Å²) in [7, 11) is 0. The van der Waals surface area contributed by atoms with Crippen LogP contribution in [0.2, 0.25) is 0 Å². The van der Waals surface area contributed by atoms with Crippen molar-refractivity contribution in [2.45, 2.75) is 51.1 Å². The van der Waals surface area contributed by atoms with Crippen molar-refractivity contribution in [1.29, 1.82) is 0 Å². The number of aliphatic imine (C=N–C) groups is 1. The maximum atomic E-state index is 13.2. The topological polar surface area (TPSA) is 135 Å². The lowest BCUT2D eigenvalue weighted by Crippen LogP contribution is -2.53. The Morgan fingerprint density at radius 3 is 2.26 bits per heavy atom. The van der Waals surface area contributed by atoms with Crippen LogP contribution in [0, 0.1) is 0 Å². The van der Waals surface area contributed by atoms with E-state index >= 15 is 0 Å². The molecule has 8 nitrogen and oxygen atoms in total. The predicted molar refractivity (Wildman–Crippen MR) is 146 cm³/mol. The summed E-state index contributed by atoms with van der Waals surface area (Å²) in [5, 5.41) is 8.94. The maximum absolute atomic E-state index is 13.2. The zero-order valence-electron chi connectivity index (χ0n) is 20.4. The maximum Gasteiger partial charge on any atom is 0.242 e. The van der Waals surface area contributed by atoms with Gasteiger partial charge in [0.15, 0.2) is 5.96 Å². The van der Waals surface area contributed by atoms with Crippen LogP contribution in [-0.2, 0) is 16.0 Å². The van der Waals surface area contributed by atoms with Gasteiger partial charge in [0.25, 0.3) is 0 Å². The van der Waals surface area contributed by atoms with Crippen molar-refractivity contribution in [3.05, 3.63) is 60.2 Å². The van der Waals surface area contributed by atoms with Gasteiger partial charge in [-0.05, 0) is 42.4 Å². The van der Waals surface area contributed by atoms with E-state index in [4.69, 9.17) is 11.5 Å². The lowest BCUT2D eigenvalue weighted by Gasteiger charge is -2.23. The molecule has 2 aromatic rings. The molecule has 9 heteroatoms. The van der Waals surface area contributed by atoms with E-state index in [1.54, 1.807) is 0 Å². The molecule has 2 atom stereocenters. The van der Waals surface area contributed by atoms with Gasteiger partial charge in [-0.1, -0.05) is 67.9 Å². The Morgan fingerprint density at radius 1 is 0.943 bits per heavy atom. The molecule has 2 rings (SSSR count). The van der Waals surface area contributed by atoms with Gasteiger partial charge < -0.3 is 22.1 Å². The van der Waals surface area contributed by atoms with Crippen LogP contribution in [0.25, 0.3) is 11.1 Å². The fraction of sp³-hybridized carbons (Fsp3) is 0.423. The first-order chi connectivity index (χ1) is 16.9. The van der Waals surface area contributed by atoms with Crippen molar-refractivity contribution < 1.29 is 9.59 Å². The smallest absolute Gasteiger partial charge is 0.242 e. The second-order valence-electron chi connectivity index (χ2n) is 8.34. The van der Waals surface area contributed by atoms with E-state index in [9.17, 15) is 9.59 Å². The second kappa shape index (κ2) is 15.8. The minimum absolute atomic E-state index is 0.00862. The van der Waals surface area contributed by atoms with Crippen molar-refractivity contribution in [3.63, 3.8) is 0 Å². The summed E-state index contributed by atoms with van der Waals surface area (Å²) in [6.45, 7) is 3.02. The van der Waals surface area contributed by atoms with E-state index in [0.29, 0.717) is 38.2 Å². The van der Waals surface area contributed by atoms with Crippen LogP contribution < -0.4 is 27.4 Å². The number of hydrogen-bond acceptors (Lipinski definition) is 5. The van der Waals surface area contributed by atoms with Gasteiger partial charge in [-0.3, -0.25) is 19.9 Å². The monoisotopic (exact) mass is 498 g/mol. The molecule has 0 unspecified atom stereocenters. The van der Waals surface area contributed by atoms with E-state index in [1.165, 1.54) is 0 Å². The quantitative estimate of drug-likeness (QED) is 0.0736. The third-order valence-corrected chi connectivity index (χ3v) is 5.75. The van der Waals surface area contributed by atoms with Gasteiger partial charge in [0, 0.05) is 19.0 Å². The van der Waals surface area contributed by atoms with Gasteiger partial charge in [0.1, 0.15) is 6.04 Å². The highest BCUT2D eigenvalue weighted by molar-refractivity contribution is 7.80. The fourth-order valence-corrected chi connectivity index (χ4v) is 3.84. The number of guanidine groups is 1. The molecule has 0 aliphatic rings. The van der Waals surface area contributed by atoms with Crippen LogP contribution in [0.5, 0.6) is 0 Å². The molecule has 0 fully saturated rings. The van der Waals surface area contributed by atoms with Crippen molar-refractivity contribution in [2.24, 2.45) is 16.5 Å². The Bertz CT molecular complexity index is 933. The van der Waals surface area contributed by atoms with E-state index in [-0.39, 0.29) is 17.8 Å². The first-order valence-electron chi connectivity index (χ1n) is 12.1. The molecular weight excluding hydrogens is 460 g/mol. The molecule has 0 aliphatic heterocycles. The molecule has 0 aliphatic carbocycles. The van der Waals surface area contributed by atoms with Crippen LogP contribution in [0.4, 0.5) is 0 Å². The lowest BCUT2D eigenvalue weighted by molar-refractivity contribution is -0.130. The van der Waals surface area contributed by atoms with Crippen LogP contribution in [-0.4, -0.2) is 48.8 Å². The standard InChI is InChI=1S/C26H38N6O2S/c1-2-3-15-29-24(33)22(10-7-16-30-26(27)28)32-25(34)23(31-18-35)17-19-11-13-21(14-12-19)20-8-5-4-6-9-20/h4-6,8-9,11-14,22-23,31,35H,2-3,7,10,15-18H2,1H3,(H,29,33)(H,32,34)(H4,27,28,30)/t22-,23-/m1/s1. The van der Waals surface area contributed by atoms with Crippen LogP contribution in [0.15, 0.2) is 59.6 Å². The molecule has 35 heavy (non-hydrogen) atoms. The second-order valence-corrected chi connectivity index (χ2v) is 8.65. The molecule has 2 aromatic carbocycles. The van der Waals surface area contributed by atoms with Gasteiger partial charge >= 0.3 is 0 Å². The first kappa shape index (κ1) is 28.2. The fourth-order valence-electron chi connectivity index (χ4n) is 3.62. The Morgan fingerprint density at radius 2 is 1.63 bits per heavy atom. The molecule has 0 aromatic heterocycles. The van der Waals surface area contributed by atoms with E-state index in [1.807, 2.05) is 42.5 Å². The summed E-state index contributed by atoms with van der Waals surface area (Å²) in [5.74, 6) is -0.107. The molecule has 0 saturated carbocycles. The summed E-state index contributed by atoms with van der Waals surface area (Å²) in [5.41, 5.74) is 14.0. The Labute approximate surface area is 213 Å². The Balaban J connectivity index is 2.05. The summed E-state index contributed by atoms with van der Waals surface area (Å²) < 4.78 is 0. The van der Waals surface area contributed by atoms with Crippen molar-refractivity contribution in [3.8, 4) is 11.1 Å². The molecule has 0 saturated heterocycles. The van der Waals surface area contributed by atoms with Crippen LogP contribution >= 0.6 is 12.6 Å². The highest BCUT2D eigenvalue weighted by Crippen LogP contribution is 2.19. The molecule has 0 bridgehead atoms. The van der Waals surface area contributed by atoms with Crippen molar-refractivity contribution >= 4 is 30.4 Å². The molecule has 190 valence electrons. The van der Waals surface area contributed by atoms with Crippen molar-refractivity contribution in [2.75, 3.05) is 19.0 Å². The SMILES string of the molecule is CCCCNC(=O)[C@@H](CCCN=C(N)N)NC(=O)[C@@H](Cc1ccc(-c2ccccc2)cc1)NCS. The predicted octanol–water partition coefficient (Wildman–Crippen LogP) is 2.20. The van der Waals surface area contributed by atoms with Crippen LogP contribution in [0.3, 0.4) is 0 Å². The summed E-state index contributed by atoms with van der Waals surface area (Å²) in [6, 6.07) is 17.1. The normalized spacial score (nSPS) is 12.4. The van der Waals surface area contributed by atoms with Gasteiger partial charge in [0.05, 0.1) is 6.04 Å². The third-order valence-electron chi connectivity index (χ3n) is 5.56. The summed E-state index contributed by atoms with van der Waals surface area (Å²) in [4.78, 5) is 29.9. The molecule has 2 amide bonds. The minimum Gasteiger partial charge on any atom is -0.370 e. The summed E-state index contributed by atoms with van der Waals surface area (Å²) in [6.07, 6.45) is 3.32. The number of nitrogens with two attached hydrogens (primary N) is 2. The first-order valence-corrected chi connectivity index (χ1v) is 12.7. The van der Waals surface area contributed by atoms with Gasteiger partial charge in [0.2, 0.25) is 11.8 Å². The molecule has 0 spiro atoms. The number of nitrogens with one attached hydrogen (secondary N) is 3. The number of amides is 2. The largest absolute Gasteiger partial charge is 0.370 e. The summed E-state index contributed by atoms with van der Waals surface area (Å²) >= 11 is 4.25. The number of nitrogens with zero attached hydrogens (tertiary/aromatic N) is 1. The highest BCUT2D eigenvalue weighted by atomic mass is 32.1. The zero-order chi connectivity index (χ0) is 25.5. The van der Waals surface area contributed by atoms with E-state index in [0.717, 1.165) is 29.5 Å². The van der Waals surface area contributed by atoms with Crippen LogP contribution in [0.1, 0.15) is 38.2 Å². The molecule has 0 heterocycles. The highest BCUT2D eigenvalue weighted by Gasteiger charge is 2.25. The van der Waals surface area contributed by atoms with Gasteiger partial charge in [-0.25, -0.2) is 0 Å². The van der Waals surface area contributed by atoms with E-state index in [2.05, 4.69) is 52.6 Å². The number of thiol groups is 1.